The smallest absolute Gasteiger partial charge is 0.339 e. The van der Waals surface area contributed by atoms with E-state index in [1.807, 2.05) is 6.92 Å². The van der Waals surface area contributed by atoms with Crippen LogP contribution in [0.3, 0.4) is 0 Å². The Morgan fingerprint density at radius 3 is 2.67 bits per heavy atom. The molecule has 116 valence electrons. The third kappa shape index (κ3) is 4.75. The zero-order chi connectivity index (χ0) is 15.8. The second-order valence-corrected chi connectivity index (χ2v) is 4.63. The number of anilines is 2. The highest BCUT2D eigenvalue weighted by molar-refractivity contribution is 6.03. The van der Waals surface area contributed by atoms with Crippen molar-refractivity contribution in [1.82, 2.24) is 0 Å². The van der Waals surface area contributed by atoms with Crippen molar-refractivity contribution in [3.05, 3.63) is 23.8 Å². The highest BCUT2D eigenvalue weighted by Gasteiger charge is 2.19. The average molecular weight is 294 g/mol. The average Bonchev–Trinajstić information content (AvgIpc) is 2.49. The van der Waals surface area contributed by atoms with Gasteiger partial charge < -0.3 is 20.1 Å². The molecule has 1 aromatic rings. The monoisotopic (exact) mass is 294 g/mol. The lowest BCUT2D eigenvalue weighted by Crippen LogP contribution is -2.31. The van der Waals surface area contributed by atoms with E-state index in [-0.39, 0.29) is 18.1 Å². The first-order valence-electron chi connectivity index (χ1n) is 6.83. The van der Waals surface area contributed by atoms with Gasteiger partial charge >= 0.3 is 5.97 Å². The summed E-state index contributed by atoms with van der Waals surface area (Å²) in [4.78, 5) is 25.2. The number of carbonyl (C=O) groups is 2. The minimum Gasteiger partial charge on any atom is -0.465 e. The number of amides is 1. The van der Waals surface area contributed by atoms with E-state index in [0.717, 1.165) is 12.8 Å². The van der Waals surface area contributed by atoms with Gasteiger partial charge in [-0.3, -0.25) is 4.79 Å². The van der Waals surface area contributed by atoms with Crippen molar-refractivity contribution in [2.75, 3.05) is 38.0 Å². The molecular weight excluding hydrogens is 272 g/mol. The van der Waals surface area contributed by atoms with Gasteiger partial charge in [0.1, 0.15) is 6.61 Å². The summed E-state index contributed by atoms with van der Waals surface area (Å²) < 4.78 is 10.0. The largest absolute Gasteiger partial charge is 0.465 e. The van der Waals surface area contributed by atoms with Gasteiger partial charge in [0, 0.05) is 19.3 Å². The van der Waals surface area contributed by atoms with Crippen LogP contribution in [-0.4, -0.2) is 39.2 Å². The molecule has 0 saturated carbocycles. The number of unbranched alkanes of at least 4 members (excludes halogenated alkanes) is 1. The molecule has 0 fully saturated rings. The molecule has 1 aromatic carbocycles. The third-order valence-corrected chi connectivity index (χ3v) is 3.03. The Balaban J connectivity index is 2.85. The number of hydrogen-bond acceptors (Lipinski definition) is 5. The minimum atomic E-state index is -0.517. The Labute approximate surface area is 124 Å². The van der Waals surface area contributed by atoms with E-state index < -0.39 is 5.97 Å². The predicted octanol–water partition coefficient (Wildman–Crippen LogP) is 1.83. The molecule has 1 rings (SSSR count). The van der Waals surface area contributed by atoms with Crippen LogP contribution in [0.15, 0.2) is 18.2 Å². The molecule has 0 heterocycles. The molecule has 0 aromatic heterocycles. The van der Waals surface area contributed by atoms with E-state index in [1.54, 1.807) is 19.2 Å². The number of nitrogens with zero attached hydrogens (tertiary/aromatic N) is 1. The van der Waals surface area contributed by atoms with Crippen LogP contribution >= 0.6 is 0 Å². The number of esters is 1. The number of hydrogen-bond donors (Lipinski definition) is 1. The van der Waals surface area contributed by atoms with Crippen LogP contribution in [0.1, 0.15) is 30.1 Å². The number of likely N-dealkylation sites (N-methyl/N-ethyl adjacent to an activating group) is 1. The molecule has 0 spiro atoms. The summed E-state index contributed by atoms with van der Waals surface area (Å²) in [5.74, 6) is -0.765. The Morgan fingerprint density at radius 2 is 2.05 bits per heavy atom. The van der Waals surface area contributed by atoms with Gasteiger partial charge in [0.25, 0.3) is 5.91 Å². The second kappa shape index (κ2) is 8.26. The first-order chi connectivity index (χ1) is 10.0. The molecule has 0 bridgehead atoms. The van der Waals surface area contributed by atoms with E-state index >= 15 is 0 Å². The van der Waals surface area contributed by atoms with E-state index in [2.05, 4.69) is 0 Å². The maximum absolute atomic E-state index is 12.1. The molecule has 0 aliphatic carbocycles. The molecule has 0 aliphatic heterocycles. The van der Waals surface area contributed by atoms with Crippen molar-refractivity contribution in [3.63, 3.8) is 0 Å². The van der Waals surface area contributed by atoms with Crippen LogP contribution in [0, 0.1) is 0 Å². The molecule has 0 saturated heterocycles. The zero-order valence-corrected chi connectivity index (χ0v) is 12.7. The summed E-state index contributed by atoms with van der Waals surface area (Å²) in [6, 6.07) is 4.69. The molecular formula is C15H22N2O4. The fraction of sp³-hybridized carbons (Fsp3) is 0.467. The van der Waals surface area contributed by atoms with Gasteiger partial charge in [0.2, 0.25) is 0 Å². The van der Waals surface area contributed by atoms with E-state index in [9.17, 15) is 9.59 Å². The van der Waals surface area contributed by atoms with Crippen molar-refractivity contribution in [3.8, 4) is 0 Å². The van der Waals surface area contributed by atoms with Gasteiger partial charge in [-0.2, -0.15) is 0 Å². The Morgan fingerprint density at radius 1 is 1.33 bits per heavy atom. The number of nitrogens with two attached hydrogens (primary N) is 1. The number of benzene rings is 1. The van der Waals surface area contributed by atoms with Gasteiger partial charge in [-0.25, -0.2) is 4.79 Å². The number of rotatable bonds is 7. The Kier molecular flexibility index (Phi) is 6.68. The summed E-state index contributed by atoms with van der Waals surface area (Å²) in [5, 5.41) is 0. The lowest BCUT2D eigenvalue weighted by molar-refractivity contribution is -0.122. The number of carbonyl (C=O) groups excluding carboxylic acids is 2. The maximum atomic E-state index is 12.1. The molecule has 0 atom stereocenters. The van der Waals surface area contributed by atoms with Gasteiger partial charge in [-0.1, -0.05) is 13.3 Å². The van der Waals surface area contributed by atoms with Crippen LogP contribution in [-0.2, 0) is 14.3 Å². The first-order valence-corrected chi connectivity index (χ1v) is 6.83. The molecule has 1 amide bonds. The lowest BCUT2D eigenvalue weighted by atomic mass is 10.1. The first kappa shape index (κ1) is 17.0. The van der Waals surface area contributed by atoms with Crippen LogP contribution in [0.2, 0.25) is 0 Å². The molecule has 2 N–H and O–H groups in total. The molecule has 0 aliphatic rings. The molecule has 6 heteroatoms. The number of methoxy groups -OCH3 is 1. The normalized spacial score (nSPS) is 10.2. The van der Waals surface area contributed by atoms with E-state index in [0.29, 0.717) is 18.0 Å². The number of nitrogen functional groups attached to an aromatic ring is 1. The number of ether oxygens (including phenoxy) is 2. The van der Waals surface area contributed by atoms with Crippen LogP contribution < -0.4 is 10.6 Å². The second-order valence-electron chi connectivity index (χ2n) is 4.63. The van der Waals surface area contributed by atoms with Crippen LogP contribution in [0.4, 0.5) is 11.4 Å². The van der Waals surface area contributed by atoms with Crippen molar-refractivity contribution in [2.45, 2.75) is 19.8 Å². The van der Waals surface area contributed by atoms with E-state index in [4.69, 9.17) is 15.2 Å². The summed E-state index contributed by atoms with van der Waals surface area (Å²) in [5.41, 5.74) is 6.88. The van der Waals surface area contributed by atoms with Gasteiger partial charge in [0.05, 0.1) is 18.4 Å². The molecule has 0 unspecified atom stereocenters. The summed E-state index contributed by atoms with van der Waals surface area (Å²) in [6.07, 6.45) is 1.91. The fourth-order valence-electron chi connectivity index (χ4n) is 1.75. The summed E-state index contributed by atoms with van der Waals surface area (Å²) in [6.45, 7) is 2.55. The Bertz CT molecular complexity index is 502. The molecule has 0 radical (unpaired) electrons. The topological polar surface area (TPSA) is 81.9 Å². The summed E-state index contributed by atoms with van der Waals surface area (Å²) in [7, 11) is 2.87. The van der Waals surface area contributed by atoms with Crippen LogP contribution in [0.25, 0.3) is 0 Å². The van der Waals surface area contributed by atoms with Gasteiger partial charge in [-0.05, 0) is 24.6 Å². The van der Waals surface area contributed by atoms with Gasteiger partial charge in [0.15, 0.2) is 0 Å². The Hall–Kier alpha value is -2.08. The maximum Gasteiger partial charge on any atom is 0.339 e. The fourth-order valence-corrected chi connectivity index (χ4v) is 1.75. The highest BCUT2D eigenvalue weighted by atomic mass is 16.5. The van der Waals surface area contributed by atoms with Crippen molar-refractivity contribution in [1.29, 1.82) is 0 Å². The minimum absolute atomic E-state index is 0.0358. The molecule has 21 heavy (non-hydrogen) atoms. The van der Waals surface area contributed by atoms with Crippen molar-refractivity contribution < 1.29 is 19.1 Å². The summed E-state index contributed by atoms with van der Waals surface area (Å²) >= 11 is 0. The predicted molar refractivity (Wildman–Crippen MR) is 81.3 cm³/mol. The third-order valence-electron chi connectivity index (χ3n) is 3.03. The van der Waals surface area contributed by atoms with Crippen molar-refractivity contribution >= 4 is 23.3 Å². The zero-order valence-electron chi connectivity index (χ0n) is 12.7. The van der Waals surface area contributed by atoms with Gasteiger partial charge in [-0.15, -0.1) is 0 Å². The lowest BCUT2D eigenvalue weighted by Gasteiger charge is -2.20. The van der Waals surface area contributed by atoms with Crippen LogP contribution in [0.5, 0.6) is 0 Å². The van der Waals surface area contributed by atoms with Crippen molar-refractivity contribution in [2.24, 2.45) is 0 Å². The highest BCUT2D eigenvalue weighted by Crippen LogP contribution is 2.23. The standard InChI is InChI=1S/C15H22N2O4/c1-4-5-8-21-10-14(18)17(2)13-9-11(16)6-7-12(13)15(19)20-3/h6-7,9H,4-5,8,10,16H2,1-3H3. The SMILES string of the molecule is CCCCOCC(=O)N(C)c1cc(N)ccc1C(=O)OC. The van der Waals surface area contributed by atoms with E-state index in [1.165, 1.54) is 18.1 Å². The quantitative estimate of drug-likeness (QED) is 0.471. The molecule has 6 nitrogen and oxygen atoms in total.